The van der Waals surface area contributed by atoms with Crippen molar-refractivity contribution in [2.75, 3.05) is 19.1 Å². The zero-order valence-corrected chi connectivity index (χ0v) is 11.8. The average molecular weight is 285 g/mol. The highest BCUT2D eigenvalue weighted by molar-refractivity contribution is 8.03. The van der Waals surface area contributed by atoms with Gasteiger partial charge in [-0.05, 0) is 18.4 Å². The van der Waals surface area contributed by atoms with E-state index in [9.17, 15) is 0 Å². The first-order valence-corrected chi connectivity index (χ1v) is 7.58. The van der Waals surface area contributed by atoms with Crippen molar-refractivity contribution in [2.24, 2.45) is 0 Å². The Kier molecular flexibility index (Phi) is 4.14. The van der Waals surface area contributed by atoms with E-state index in [1.807, 2.05) is 24.5 Å². The fraction of sp³-hybridized carbons (Fsp3) is 0.200. The van der Waals surface area contributed by atoms with E-state index >= 15 is 0 Å². The number of hydrogen-bond donors (Lipinski definition) is 1. The Morgan fingerprint density at radius 2 is 2.06 bits per heavy atom. The summed E-state index contributed by atoms with van der Waals surface area (Å²) in [6, 6.07) is 5.70. The van der Waals surface area contributed by atoms with Gasteiger partial charge in [-0.1, -0.05) is 40.9 Å². The first kappa shape index (κ1) is 12.5. The van der Waals surface area contributed by atoms with E-state index in [0.29, 0.717) is 11.4 Å². The number of ether oxygens (including phenoxy) is 1. The van der Waals surface area contributed by atoms with Crippen LogP contribution in [-0.2, 0) is 0 Å². The van der Waals surface area contributed by atoms with Gasteiger partial charge in [-0.15, -0.1) is 10.2 Å². The largest absolute Gasteiger partial charge is 0.495 e. The van der Waals surface area contributed by atoms with Gasteiger partial charge in [0, 0.05) is 4.90 Å². The molecule has 0 atom stereocenters. The highest BCUT2D eigenvalue weighted by atomic mass is 32.2. The SMILES string of the molecule is COc1cccc(Sc2nnc(SC)s2)c1N. The molecular formula is C10H11N3OS3. The fourth-order valence-corrected chi connectivity index (χ4v) is 3.67. The van der Waals surface area contributed by atoms with Crippen molar-refractivity contribution in [3.63, 3.8) is 0 Å². The Balaban J connectivity index is 2.23. The normalized spacial score (nSPS) is 10.5. The molecule has 0 aliphatic heterocycles. The summed E-state index contributed by atoms with van der Waals surface area (Å²) >= 11 is 4.65. The van der Waals surface area contributed by atoms with Crippen molar-refractivity contribution in [2.45, 2.75) is 13.6 Å². The zero-order chi connectivity index (χ0) is 12.3. The maximum atomic E-state index is 5.99. The van der Waals surface area contributed by atoms with Gasteiger partial charge in [0.1, 0.15) is 5.75 Å². The molecule has 0 unspecified atom stereocenters. The predicted octanol–water partition coefficient (Wildman–Crippen LogP) is 3.00. The molecule has 90 valence electrons. The Labute approximate surface area is 112 Å². The van der Waals surface area contributed by atoms with Gasteiger partial charge < -0.3 is 10.5 Å². The van der Waals surface area contributed by atoms with Crippen LogP contribution in [0.1, 0.15) is 0 Å². The molecule has 0 amide bonds. The highest BCUT2D eigenvalue weighted by Crippen LogP contribution is 2.38. The lowest BCUT2D eigenvalue weighted by atomic mass is 10.3. The summed E-state index contributed by atoms with van der Waals surface area (Å²) in [4.78, 5) is 0.938. The maximum Gasteiger partial charge on any atom is 0.179 e. The van der Waals surface area contributed by atoms with E-state index in [4.69, 9.17) is 10.5 Å². The molecule has 1 aromatic carbocycles. The molecule has 0 radical (unpaired) electrons. The van der Waals surface area contributed by atoms with Crippen LogP contribution in [0.25, 0.3) is 0 Å². The maximum absolute atomic E-state index is 5.99. The van der Waals surface area contributed by atoms with Crippen LogP contribution in [-0.4, -0.2) is 23.6 Å². The average Bonchev–Trinajstić information content (AvgIpc) is 2.79. The van der Waals surface area contributed by atoms with Crippen LogP contribution >= 0.6 is 34.9 Å². The zero-order valence-electron chi connectivity index (χ0n) is 9.34. The molecule has 0 bridgehead atoms. The van der Waals surface area contributed by atoms with Gasteiger partial charge >= 0.3 is 0 Å². The molecule has 0 aliphatic rings. The molecule has 0 fully saturated rings. The minimum atomic E-state index is 0.640. The number of rotatable bonds is 4. The van der Waals surface area contributed by atoms with Crippen molar-refractivity contribution >= 4 is 40.5 Å². The minimum Gasteiger partial charge on any atom is -0.495 e. The van der Waals surface area contributed by atoms with Crippen molar-refractivity contribution < 1.29 is 4.74 Å². The first-order valence-electron chi connectivity index (χ1n) is 4.72. The number of nitrogen functional groups attached to an aromatic ring is 1. The second kappa shape index (κ2) is 5.61. The summed E-state index contributed by atoms with van der Waals surface area (Å²) in [5, 5.41) is 8.13. The van der Waals surface area contributed by atoms with E-state index in [0.717, 1.165) is 13.6 Å². The van der Waals surface area contributed by atoms with Gasteiger partial charge in [0.25, 0.3) is 0 Å². The lowest BCUT2D eigenvalue weighted by Crippen LogP contribution is -1.93. The van der Waals surface area contributed by atoms with Crippen molar-refractivity contribution in [3.05, 3.63) is 18.2 Å². The lowest BCUT2D eigenvalue weighted by molar-refractivity contribution is 0.416. The van der Waals surface area contributed by atoms with Crippen LogP contribution in [0.3, 0.4) is 0 Å². The summed E-state index contributed by atoms with van der Waals surface area (Å²) in [5.41, 5.74) is 6.63. The molecule has 1 aromatic heterocycles. The first-order chi connectivity index (χ1) is 8.24. The van der Waals surface area contributed by atoms with Crippen molar-refractivity contribution in [1.29, 1.82) is 0 Å². The molecule has 7 heteroatoms. The number of hydrogen-bond acceptors (Lipinski definition) is 7. The Hall–Kier alpha value is -0.920. The number of methoxy groups -OCH3 is 1. The Bertz CT molecular complexity index is 515. The molecule has 2 rings (SSSR count). The molecule has 17 heavy (non-hydrogen) atoms. The predicted molar refractivity (Wildman–Crippen MR) is 73.2 cm³/mol. The summed E-state index contributed by atoms with van der Waals surface area (Å²) in [7, 11) is 1.61. The van der Waals surface area contributed by atoms with Crippen molar-refractivity contribution in [3.8, 4) is 5.75 Å². The smallest absolute Gasteiger partial charge is 0.179 e. The summed E-state index contributed by atoms with van der Waals surface area (Å²) < 4.78 is 7.01. The summed E-state index contributed by atoms with van der Waals surface area (Å²) in [6.45, 7) is 0. The van der Waals surface area contributed by atoms with Gasteiger partial charge in [0.15, 0.2) is 8.68 Å². The number of para-hydroxylation sites is 1. The lowest BCUT2D eigenvalue weighted by Gasteiger charge is -2.07. The number of anilines is 1. The van der Waals surface area contributed by atoms with Gasteiger partial charge in [0.2, 0.25) is 0 Å². The van der Waals surface area contributed by atoms with Crippen LogP contribution in [0.4, 0.5) is 5.69 Å². The fourth-order valence-electron chi connectivity index (χ4n) is 1.21. The van der Waals surface area contributed by atoms with E-state index in [2.05, 4.69) is 10.2 Å². The van der Waals surface area contributed by atoms with E-state index < -0.39 is 0 Å². The van der Waals surface area contributed by atoms with Gasteiger partial charge in [0.05, 0.1) is 12.8 Å². The van der Waals surface area contributed by atoms with Gasteiger partial charge in [-0.25, -0.2) is 0 Å². The van der Waals surface area contributed by atoms with E-state index in [1.165, 1.54) is 11.8 Å². The second-order valence-corrected chi connectivity index (χ2v) is 6.33. The number of benzene rings is 1. The number of thioether (sulfide) groups is 1. The number of nitrogens with zero attached hydrogens (tertiary/aromatic N) is 2. The monoisotopic (exact) mass is 285 g/mol. The standard InChI is InChI=1S/C10H11N3OS3/c1-14-6-4-3-5-7(8(6)11)16-10-13-12-9(15-2)17-10/h3-5H,11H2,1-2H3. The van der Waals surface area contributed by atoms with E-state index in [-0.39, 0.29) is 0 Å². The molecule has 0 saturated carbocycles. The molecule has 0 saturated heterocycles. The highest BCUT2D eigenvalue weighted by Gasteiger charge is 2.10. The Morgan fingerprint density at radius 1 is 1.29 bits per heavy atom. The third kappa shape index (κ3) is 2.85. The van der Waals surface area contributed by atoms with Crippen LogP contribution in [0.2, 0.25) is 0 Å². The number of aromatic nitrogens is 2. The molecular weight excluding hydrogens is 274 g/mol. The summed E-state index contributed by atoms with van der Waals surface area (Å²) in [5.74, 6) is 0.685. The summed E-state index contributed by atoms with van der Waals surface area (Å²) in [6.07, 6.45) is 1.98. The molecule has 4 nitrogen and oxygen atoms in total. The van der Waals surface area contributed by atoms with E-state index in [1.54, 1.807) is 30.2 Å². The molecule has 2 N–H and O–H groups in total. The van der Waals surface area contributed by atoms with Gasteiger partial charge in [-0.3, -0.25) is 0 Å². The van der Waals surface area contributed by atoms with Crippen LogP contribution < -0.4 is 10.5 Å². The Morgan fingerprint density at radius 3 is 2.71 bits per heavy atom. The van der Waals surface area contributed by atoms with Gasteiger partial charge in [-0.2, -0.15) is 0 Å². The third-order valence-electron chi connectivity index (χ3n) is 2.01. The molecule has 0 aliphatic carbocycles. The molecule has 2 aromatic rings. The van der Waals surface area contributed by atoms with Crippen molar-refractivity contribution in [1.82, 2.24) is 10.2 Å². The van der Waals surface area contributed by atoms with Crippen LogP contribution in [0.15, 0.2) is 31.8 Å². The minimum absolute atomic E-state index is 0.640. The number of nitrogens with two attached hydrogens (primary N) is 1. The topological polar surface area (TPSA) is 61.0 Å². The van der Waals surface area contributed by atoms with Crippen LogP contribution in [0, 0.1) is 0 Å². The third-order valence-corrected chi connectivity index (χ3v) is 5.03. The van der Waals surface area contributed by atoms with Crippen LogP contribution in [0.5, 0.6) is 5.75 Å². The molecule has 1 heterocycles. The second-order valence-electron chi connectivity index (χ2n) is 3.01. The quantitative estimate of drug-likeness (QED) is 0.688. The molecule has 0 spiro atoms.